The average molecular weight is 235 g/mol. The molecule has 2 atom stereocenters. The second-order valence-electron chi connectivity index (χ2n) is 4.30. The summed E-state index contributed by atoms with van der Waals surface area (Å²) in [6, 6.07) is 1.81. The second-order valence-corrected chi connectivity index (χ2v) is 4.30. The van der Waals surface area contributed by atoms with Gasteiger partial charge in [-0.2, -0.15) is 0 Å². The average Bonchev–Trinajstić information content (AvgIpc) is 2.77. The van der Waals surface area contributed by atoms with Crippen LogP contribution in [0.5, 0.6) is 0 Å². The van der Waals surface area contributed by atoms with Crippen molar-refractivity contribution in [3.8, 4) is 0 Å². The highest BCUT2D eigenvalue weighted by atomic mass is 16.5. The fraction of sp³-hybridized carbons (Fsp3) is 0.500. The van der Waals surface area contributed by atoms with E-state index in [1.54, 1.807) is 19.4 Å². The molecule has 1 aromatic heterocycles. The highest BCUT2D eigenvalue weighted by molar-refractivity contribution is 5.98. The molecule has 1 aliphatic carbocycles. The zero-order valence-corrected chi connectivity index (χ0v) is 9.85. The van der Waals surface area contributed by atoms with Crippen LogP contribution in [0.15, 0.2) is 18.5 Å². The van der Waals surface area contributed by atoms with E-state index in [1.165, 1.54) is 6.20 Å². The number of amides is 1. The van der Waals surface area contributed by atoms with Crippen LogP contribution in [0.25, 0.3) is 0 Å². The maximum atomic E-state index is 12.0. The van der Waals surface area contributed by atoms with Gasteiger partial charge < -0.3 is 15.8 Å². The second kappa shape index (κ2) is 5.14. The van der Waals surface area contributed by atoms with Gasteiger partial charge in [0.25, 0.3) is 5.91 Å². The van der Waals surface area contributed by atoms with Crippen molar-refractivity contribution < 1.29 is 9.53 Å². The SMILES string of the molecule is COC1CCC(NC(=O)c2ccncc2N)C1. The number of nitrogen functional groups attached to an aromatic ring is 1. The lowest BCUT2D eigenvalue weighted by molar-refractivity contribution is 0.0915. The molecule has 1 fully saturated rings. The van der Waals surface area contributed by atoms with E-state index in [2.05, 4.69) is 10.3 Å². The Labute approximate surface area is 100 Å². The topological polar surface area (TPSA) is 77.2 Å². The van der Waals surface area contributed by atoms with E-state index in [9.17, 15) is 4.79 Å². The minimum absolute atomic E-state index is 0.133. The van der Waals surface area contributed by atoms with Crippen LogP contribution in [0.4, 0.5) is 5.69 Å². The third kappa shape index (κ3) is 2.74. The Bertz CT molecular complexity index is 408. The highest BCUT2D eigenvalue weighted by Crippen LogP contribution is 2.22. The summed E-state index contributed by atoms with van der Waals surface area (Å²) in [6.07, 6.45) is 6.13. The van der Waals surface area contributed by atoms with Crippen LogP contribution in [-0.2, 0) is 4.74 Å². The first-order chi connectivity index (χ1) is 8.20. The predicted molar refractivity (Wildman–Crippen MR) is 64.6 cm³/mol. The maximum absolute atomic E-state index is 12.0. The van der Waals surface area contributed by atoms with E-state index in [-0.39, 0.29) is 18.1 Å². The molecule has 2 unspecified atom stereocenters. The van der Waals surface area contributed by atoms with Gasteiger partial charge in [-0.3, -0.25) is 9.78 Å². The van der Waals surface area contributed by atoms with Crippen LogP contribution in [0, 0.1) is 0 Å². The van der Waals surface area contributed by atoms with Gasteiger partial charge in [-0.05, 0) is 25.3 Å². The summed E-state index contributed by atoms with van der Waals surface area (Å²) < 4.78 is 5.27. The van der Waals surface area contributed by atoms with Crippen molar-refractivity contribution >= 4 is 11.6 Å². The molecule has 5 nitrogen and oxygen atoms in total. The van der Waals surface area contributed by atoms with Crippen LogP contribution in [0.1, 0.15) is 29.6 Å². The molecule has 1 heterocycles. The Morgan fingerprint density at radius 3 is 3.06 bits per heavy atom. The molecule has 1 saturated carbocycles. The maximum Gasteiger partial charge on any atom is 0.253 e. The van der Waals surface area contributed by atoms with Crippen molar-refractivity contribution in [1.82, 2.24) is 10.3 Å². The van der Waals surface area contributed by atoms with Crippen LogP contribution < -0.4 is 11.1 Å². The zero-order chi connectivity index (χ0) is 12.3. The van der Waals surface area contributed by atoms with E-state index in [1.807, 2.05) is 0 Å². The van der Waals surface area contributed by atoms with Crippen LogP contribution in [-0.4, -0.2) is 30.1 Å². The standard InChI is InChI=1S/C12H17N3O2/c1-17-9-3-2-8(6-9)15-12(16)10-4-5-14-7-11(10)13/h4-5,7-9H,2-3,6,13H2,1H3,(H,15,16). The summed E-state index contributed by atoms with van der Waals surface area (Å²) in [4.78, 5) is 15.8. The van der Waals surface area contributed by atoms with Crippen molar-refractivity contribution in [2.75, 3.05) is 12.8 Å². The highest BCUT2D eigenvalue weighted by Gasteiger charge is 2.26. The number of carbonyl (C=O) groups is 1. The number of pyridine rings is 1. The monoisotopic (exact) mass is 235 g/mol. The fourth-order valence-corrected chi connectivity index (χ4v) is 2.16. The Hall–Kier alpha value is -1.62. The number of nitrogens with zero attached hydrogens (tertiary/aromatic N) is 1. The molecule has 0 aliphatic heterocycles. The van der Waals surface area contributed by atoms with Crippen LogP contribution >= 0.6 is 0 Å². The van der Waals surface area contributed by atoms with Crippen molar-refractivity contribution in [1.29, 1.82) is 0 Å². The number of rotatable bonds is 3. The summed E-state index contributed by atoms with van der Waals surface area (Å²) in [5, 5.41) is 2.97. The number of anilines is 1. The Balaban J connectivity index is 1.96. The zero-order valence-electron chi connectivity index (χ0n) is 9.85. The number of aromatic nitrogens is 1. The first-order valence-corrected chi connectivity index (χ1v) is 5.74. The van der Waals surface area contributed by atoms with E-state index < -0.39 is 0 Å². The number of hydrogen-bond donors (Lipinski definition) is 2. The number of nitrogens with one attached hydrogen (secondary N) is 1. The van der Waals surface area contributed by atoms with Crippen molar-refractivity contribution in [2.45, 2.75) is 31.4 Å². The summed E-state index contributed by atoms with van der Waals surface area (Å²) in [6.45, 7) is 0. The molecule has 5 heteroatoms. The van der Waals surface area contributed by atoms with Crippen LogP contribution in [0.2, 0.25) is 0 Å². The molecule has 0 aromatic carbocycles. The van der Waals surface area contributed by atoms with E-state index in [4.69, 9.17) is 10.5 Å². The van der Waals surface area contributed by atoms with E-state index >= 15 is 0 Å². The van der Waals surface area contributed by atoms with Gasteiger partial charge in [0.15, 0.2) is 0 Å². The molecule has 0 spiro atoms. The molecule has 1 aliphatic rings. The minimum Gasteiger partial charge on any atom is -0.397 e. The normalized spacial score (nSPS) is 23.6. The molecule has 2 rings (SSSR count). The van der Waals surface area contributed by atoms with Gasteiger partial charge in [0.05, 0.1) is 23.6 Å². The minimum atomic E-state index is -0.133. The van der Waals surface area contributed by atoms with E-state index in [0.29, 0.717) is 11.3 Å². The first kappa shape index (κ1) is 11.9. The summed E-state index contributed by atoms with van der Waals surface area (Å²) >= 11 is 0. The summed E-state index contributed by atoms with van der Waals surface area (Å²) in [7, 11) is 1.70. The molecular formula is C12H17N3O2. The van der Waals surface area contributed by atoms with Crippen molar-refractivity contribution in [2.24, 2.45) is 0 Å². The molecule has 1 amide bonds. The van der Waals surface area contributed by atoms with Crippen molar-refractivity contribution in [3.05, 3.63) is 24.0 Å². The number of methoxy groups -OCH3 is 1. The fourth-order valence-electron chi connectivity index (χ4n) is 2.16. The molecular weight excluding hydrogens is 218 g/mol. The van der Waals surface area contributed by atoms with Gasteiger partial charge in [0.2, 0.25) is 0 Å². The summed E-state index contributed by atoms with van der Waals surface area (Å²) in [5.74, 6) is -0.133. The molecule has 1 aromatic rings. The number of carbonyl (C=O) groups excluding carboxylic acids is 1. The van der Waals surface area contributed by atoms with E-state index in [0.717, 1.165) is 19.3 Å². The van der Waals surface area contributed by atoms with Gasteiger partial charge in [-0.15, -0.1) is 0 Å². The Morgan fingerprint density at radius 1 is 1.59 bits per heavy atom. The molecule has 3 N–H and O–H groups in total. The predicted octanol–water partition coefficient (Wildman–Crippen LogP) is 0.961. The van der Waals surface area contributed by atoms with Gasteiger partial charge in [-0.25, -0.2) is 0 Å². The lowest BCUT2D eigenvalue weighted by Gasteiger charge is -2.13. The Kier molecular flexibility index (Phi) is 3.58. The number of ether oxygens (including phenoxy) is 1. The largest absolute Gasteiger partial charge is 0.397 e. The third-order valence-corrected chi connectivity index (χ3v) is 3.15. The smallest absolute Gasteiger partial charge is 0.253 e. The molecule has 17 heavy (non-hydrogen) atoms. The van der Waals surface area contributed by atoms with Crippen LogP contribution in [0.3, 0.4) is 0 Å². The van der Waals surface area contributed by atoms with Gasteiger partial charge in [-0.1, -0.05) is 0 Å². The van der Waals surface area contributed by atoms with Gasteiger partial charge in [0, 0.05) is 19.3 Å². The molecule has 92 valence electrons. The molecule has 0 bridgehead atoms. The van der Waals surface area contributed by atoms with Gasteiger partial charge in [0.1, 0.15) is 0 Å². The number of nitrogens with two attached hydrogens (primary N) is 1. The molecule has 0 saturated heterocycles. The third-order valence-electron chi connectivity index (χ3n) is 3.15. The Morgan fingerprint density at radius 2 is 2.41 bits per heavy atom. The number of hydrogen-bond acceptors (Lipinski definition) is 4. The van der Waals surface area contributed by atoms with Crippen molar-refractivity contribution in [3.63, 3.8) is 0 Å². The van der Waals surface area contributed by atoms with Gasteiger partial charge >= 0.3 is 0 Å². The lowest BCUT2D eigenvalue weighted by Crippen LogP contribution is -2.33. The first-order valence-electron chi connectivity index (χ1n) is 5.74. The quantitative estimate of drug-likeness (QED) is 0.818. The molecule has 0 radical (unpaired) electrons. The summed E-state index contributed by atoms with van der Waals surface area (Å²) in [5.41, 5.74) is 6.60. The lowest BCUT2D eigenvalue weighted by atomic mass is 10.2.